The molecule has 2 aromatic rings. The van der Waals surface area contributed by atoms with E-state index in [0.29, 0.717) is 17.5 Å². The van der Waals surface area contributed by atoms with E-state index in [0.717, 1.165) is 0 Å². The zero-order valence-electron chi connectivity index (χ0n) is 12.0. The number of ketones is 2. The number of aliphatic hydroxyl groups is 1. The molecule has 3 rings (SSSR count). The summed E-state index contributed by atoms with van der Waals surface area (Å²) < 4.78 is 1.27. The Morgan fingerprint density at radius 3 is 2.82 bits per heavy atom. The van der Waals surface area contributed by atoms with Gasteiger partial charge in [0.25, 0.3) is 5.56 Å². The summed E-state index contributed by atoms with van der Waals surface area (Å²) in [6.45, 7) is 0. The Balaban J connectivity index is 2.22. The SMILES string of the molecule is Cn1c(=O)c(C(=O)C2=C(O)CCCC2=O)cc2cccnc21. The number of rotatable bonds is 2. The largest absolute Gasteiger partial charge is 0.511 e. The van der Waals surface area contributed by atoms with Crippen molar-refractivity contribution in [3.8, 4) is 0 Å². The van der Waals surface area contributed by atoms with Crippen molar-refractivity contribution >= 4 is 22.6 Å². The van der Waals surface area contributed by atoms with Gasteiger partial charge >= 0.3 is 0 Å². The van der Waals surface area contributed by atoms with E-state index in [9.17, 15) is 19.5 Å². The van der Waals surface area contributed by atoms with Crippen molar-refractivity contribution in [2.24, 2.45) is 7.05 Å². The van der Waals surface area contributed by atoms with Crippen LogP contribution in [0.4, 0.5) is 0 Å². The van der Waals surface area contributed by atoms with Crippen LogP contribution in [0.15, 0.2) is 40.5 Å². The van der Waals surface area contributed by atoms with Crippen LogP contribution in [0, 0.1) is 0 Å². The molecule has 0 bridgehead atoms. The van der Waals surface area contributed by atoms with Crippen molar-refractivity contribution in [2.45, 2.75) is 19.3 Å². The number of aryl methyl sites for hydroxylation is 1. The third-order valence-corrected chi connectivity index (χ3v) is 3.83. The number of nitrogens with zero attached hydrogens (tertiary/aromatic N) is 2. The molecule has 0 saturated carbocycles. The molecule has 0 radical (unpaired) electrons. The summed E-state index contributed by atoms with van der Waals surface area (Å²) in [6, 6.07) is 4.86. The number of aliphatic hydroxyl groups excluding tert-OH is 1. The molecule has 0 atom stereocenters. The Labute approximate surface area is 125 Å². The molecule has 1 N–H and O–H groups in total. The number of carbonyl (C=O) groups is 2. The highest BCUT2D eigenvalue weighted by atomic mass is 16.3. The lowest BCUT2D eigenvalue weighted by Crippen LogP contribution is -2.29. The van der Waals surface area contributed by atoms with E-state index in [1.807, 2.05) is 0 Å². The molecule has 0 spiro atoms. The van der Waals surface area contributed by atoms with Crippen molar-refractivity contribution in [1.29, 1.82) is 0 Å². The molecule has 0 amide bonds. The first-order valence-electron chi connectivity index (χ1n) is 6.95. The lowest BCUT2D eigenvalue weighted by molar-refractivity contribution is -0.116. The second-order valence-corrected chi connectivity index (χ2v) is 5.27. The second-order valence-electron chi connectivity index (χ2n) is 5.27. The molecule has 2 aromatic heterocycles. The van der Waals surface area contributed by atoms with E-state index in [1.54, 1.807) is 18.3 Å². The maximum absolute atomic E-state index is 12.6. The van der Waals surface area contributed by atoms with Crippen molar-refractivity contribution in [3.05, 3.63) is 51.6 Å². The van der Waals surface area contributed by atoms with Gasteiger partial charge in [0.05, 0.1) is 5.56 Å². The third kappa shape index (κ3) is 2.13. The topological polar surface area (TPSA) is 89.3 Å². The minimum Gasteiger partial charge on any atom is -0.511 e. The van der Waals surface area contributed by atoms with E-state index >= 15 is 0 Å². The molecular formula is C16H14N2O4. The van der Waals surface area contributed by atoms with Crippen LogP contribution < -0.4 is 5.56 Å². The van der Waals surface area contributed by atoms with Crippen LogP contribution in [0.25, 0.3) is 11.0 Å². The quantitative estimate of drug-likeness (QED) is 0.673. The molecule has 2 heterocycles. The Kier molecular flexibility index (Phi) is 3.36. The third-order valence-electron chi connectivity index (χ3n) is 3.83. The standard InChI is InChI=1S/C16H14N2O4/c1-18-15-9(4-3-7-17-15)8-10(16(18)22)14(21)13-11(19)5-2-6-12(13)20/h3-4,7-8,19H,2,5-6H2,1H3. The van der Waals surface area contributed by atoms with Crippen LogP contribution in [0.5, 0.6) is 0 Å². The highest BCUT2D eigenvalue weighted by Gasteiger charge is 2.29. The van der Waals surface area contributed by atoms with Gasteiger partial charge in [0.2, 0.25) is 5.78 Å². The summed E-state index contributed by atoms with van der Waals surface area (Å²) in [4.78, 5) is 41.0. The number of Topliss-reactive ketones (excluding diaryl/α,β-unsaturated/α-hetero) is 2. The van der Waals surface area contributed by atoms with Crippen LogP contribution in [0.2, 0.25) is 0 Å². The minimum atomic E-state index is -0.714. The van der Waals surface area contributed by atoms with Gasteiger partial charge in [-0.3, -0.25) is 19.0 Å². The summed E-state index contributed by atoms with van der Waals surface area (Å²) in [7, 11) is 1.52. The van der Waals surface area contributed by atoms with Crippen molar-refractivity contribution in [2.75, 3.05) is 0 Å². The Morgan fingerprint density at radius 1 is 1.32 bits per heavy atom. The van der Waals surface area contributed by atoms with Gasteiger partial charge in [-0.1, -0.05) is 0 Å². The maximum Gasteiger partial charge on any atom is 0.263 e. The van der Waals surface area contributed by atoms with Gasteiger partial charge in [-0.15, -0.1) is 0 Å². The van der Waals surface area contributed by atoms with Gasteiger partial charge in [0.15, 0.2) is 5.78 Å². The van der Waals surface area contributed by atoms with E-state index in [-0.39, 0.29) is 29.7 Å². The molecule has 6 heteroatoms. The number of fused-ring (bicyclic) bond motifs is 1. The number of allylic oxidation sites excluding steroid dienone is 2. The lowest BCUT2D eigenvalue weighted by Gasteiger charge is -2.14. The van der Waals surface area contributed by atoms with Gasteiger partial charge in [-0.2, -0.15) is 0 Å². The summed E-state index contributed by atoms with van der Waals surface area (Å²) in [5.74, 6) is -1.36. The predicted molar refractivity (Wildman–Crippen MR) is 79.8 cm³/mol. The van der Waals surface area contributed by atoms with Gasteiger partial charge < -0.3 is 5.11 Å². The van der Waals surface area contributed by atoms with Crippen molar-refractivity contribution in [3.63, 3.8) is 0 Å². The molecule has 1 aliphatic carbocycles. The van der Waals surface area contributed by atoms with Crippen LogP contribution in [0.3, 0.4) is 0 Å². The summed E-state index contributed by atoms with van der Waals surface area (Å²) in [5, 5.41) is 10.5. The first-order chi connectivity index (χ1) is 10.5. The van der Waals surface area contributed by atoms with E-state index in [2.05, 4.69) is 4.98 Å². The fourth-order valence-electron chi connectivity index (χ4n) is 2.68. The monoisotopic (exact) mass is 298 g/mol. The highest BCUT2D eigenvalue weighted by molar-refractivity contribution is 6.27. The first kappa shape index (κ1) is 14.2. The van der Waals surface area contributed by atoms with Gasteiger partial charge in [-0.25, -0.2) is 4.98 Å². The average molecular weight is 298 g/mol. The van der Waals surface area contributed by atoms with E-state index < -0.39 is 17.1 Å². The first-order valence-corrected chi connectivity index (χ1v) is 6.95. The van der Waals surface area contributed by atoms with Gasteiger partial charge in [0, 0.05) is 31.5 Å². The second kappa shape index (κ2) is 5.22. The molecular weight excluding hydrogens is 284 g/mol. The molecule has 112 valence electrons. The van der Waals surface area contributed by atoms with Crippen molar-refractivity contribution in [1.82, 2.24) is 9.55 Å². The van der Waals surface area contributed by atoms with Crippen LogP contribution >= 0.6 is 0 Å². The zero-order chi connectivity index (χ0) is 15.9. The molecule has 1 aliphatic rings. The number of carbonyl (C=O) groups excluding carboxylic acids is 2. The predicted octanol–water partition coefficient (Wildman–Crippen LogP) is 1.68. The number of aromatic nitrogens is 2. The summed E-state index contributed by atoms with van der Waals surface area (Å²) in [6.07, 6.45) is 2.56. The number of pyridine rings is 2. The van der Waals surface area contributed by atoms with Crippen LogP contribution in [-0.2, 0) is 11.8 Å². The fourth-order valence-corrected chi connectivity index (χ4v) is 2.68. The molecule has 0 aliphatic heterocycles. The Hall–Kier alpha value is -2.76. The Bertz CT molecular complexity index is 893. The summed E-state index contributed by atoms with van der Waals surface area (Å²) >= 11 is 0. The lowest BCUT2D eigenvalue weighted by atomic mass is 9.90. The molecule has 0 aromatic carbocycles. The smallest absolute Gasteiger partial charge is 0.263 e. The van der Waals surface area contributed by atoms with Crippen molar-refractivity contribution < 1.29 is 14.7 Å². The molecule has 22 heavy (non-hydrogen) atoms. The van der Waals surface area contributed by atoms with Gasteiger partial charge in [0.1, 0.15) is 17.0 Å². The van der Waals surface area contributed by atoms with Crippen LogP contribution in [-0.4, -0.2) is 26.2 Å². The average Bonchev–Trinajstić information content (AvgIpc) is 2.50. The minimum absolute atomic E-state index is 0.125. The van der Waals surface area contributed by atoms with E-state index in [4.69, 9.17) is 0 Å². The van der Waals surface area contributed by atoms with Crippen LogP contribution in [0.1, 0.15) is 29.6 Å². The van der Waals surface area contributed by atoms with E-state index in [1.165, 1.54) is 17.7 Å². The zero-order valence-corrected chi connectivity index (χ0v) is 12.0. The Morgan fingerprint density at radius 2 is 2.09 bits per heavy atom. The molecule has 0 saturated heterocycles. The summed E-state index contributed by atoms with van der Waals surface area (Å²) in [5.41, 5.74) is -0.460. The normalized spacial score (nSPS) is 15.4. The highest BCUT2D eigenvalue weighted by Crippen LogP contribution is 2.23. The molecule has 6 nitrogen and oxygen atoms in total. The fraction of sp³-hybridized carbons (Fsp3) is 0.250. The number of hydrogen-bond donors (Lipinski definition) is 1. The molecule has 0 fully saturated rings. The molecule has 0 unspecified atom stereocenters. The van der Waals surface area contributed by atoms with Gasteiger partial charge in [-0.05, 0) is 24.6 Å². The maximum atomic E-state index is 12.6. The number of hydrogen-bond acceptors (Lipinski definition) is 5.